The highest BCUT2D eigenvalue weighted by molar-refractivity contribution is 7.17. The van der Waals surface area contributed by atoms with Gasteiger partial charge < -0.3 is 17.3 Å². The first-order valence-electron chi connectivity index (χ1n) is 5.51. The monoisotopic (exact) mass is 248 g/mol. The van der Waals surface area contributed by atoms with Crippen molar-refractivity contribution in [2.75, 3.05) is 0 Å². The predicted octanol–water partition coefficient (Wildman–Crippen LogP) is 4.64. The molecule has 0 saturated heterocycles. The maximum Gasteiger partial charge on any atom is 0.673 e. The van der Waals surface area contributed by atoms with E-state index in [4.69, 9.17) is 0 Å². The topological polar surface area (TPSA) is 0 Å². The van der Waals surface area contributed by atoms with Crippen LogP contribution in [0.2, 0.25) is 0 Å². The molecule has 2 atom stereocenters. The van der Waals surface area contributed by atoms with Crippen LogP contribution in [-0.2, 0) is 0 Å². The molecule has 94 valence electrons. The molecule has 0 bridgehead atoms. The van der Waals surface area contributed by atoms with Crippen molar-refractivity contribution in [3.63, 3.8) is 0 Å². The van der Waals surface area contributed by atoms with E-state index >= 15 is 0 Å². The molecule has 0 rings (SSSR count). The average molecular weight is 248 g/mol. The van der Waals surface area contributed by atoms with E-state index in [1.807, 2.05) is 0 Å². The van der Waals surface area contributed by atoms with Crippen LogP contribution < -0.4 is 0 Å². The molecule has 0 heterocycles. The lowest BCUT2D eigenvalue weighted by atomic mass is 10.1. The van der Waals surface area contributed by atoms with Crippen LogP contribution in [0, 0.1) is 0 Å². The fraction of sp³-hybridized carbons (Fsp3) is 1.00. The summed E-state index contributed by atoms with van der Waals surface area (Å²) in [5.41, 5.74) is 0.997. The van der Waals surface area contributed by atoms with E-state index in [2.05, 4.69) is 23.1 Å². The van der Waals surface area contributed by atoms with Crippen LogP contribution in [0.3, 0.4) is 0 Å². The van der Waals surface area contributed by atoms with Gasteiger partial charge in [-0.05, 0) is 28.5 Å². The van der Waals surface area contributed by atoms with Crippen molar-refractivity contribution >= 4 is 16.5 Å². The van der Waals surface area contributed by atoms with E-state index in [1.54, 1.807) is 0 Å². The number of halogens is 4. The molecular formula is C9H22BF4P. The largest absolute Gasteiger partial charge is 0.673 e. The lowest BCUT2D eigenvalue weighted by Crippen LogP contribution is -2.02. The maximum atomic E-state index is 9.75. The van der Waals surface area contributed by atoms with Crippen LogP contribution in [0.4, 0.5) is 17.3 Å². The fourth-order valence-corrected chi connectivity index (χ4v) is 1.93. The second-order valence-electron chi connectivity index (χ2n) is 3.65. The van der Waals surface area contributed by atoms with Crippen molar-refractivity contribution < 1.29 is 17.3 Å². The molecule has 0 fully saturated rings. The van der Waals surface area contributed by atoms with Crippen LogP contribution in [0.1, 0.15) is 52.4 Å². The van der Waals surface area contributed by atoms with Gasteiger partial charge in [0.15, 0.2) is 0 Å². The Morgan fingerprint density at radius 2 is 1.40 bits per heavy atom. The van der Waals surface area contributed by atoms with Gasteiger partial charge in [0.2, 0.25) is 0 Å². The SMILES string of the molecule is CCCCCC([PH3+])CCC.F[B-](F)(F)F. The molecule has 0 aromatic rings. The standard InChI is InChI=1S/C9H21P.BF4/c1-3-5-6-8-9(10)7-4-2;2-1(3,4)5/h9H,3-8,10H2,1-2H3;/q;-1/p+1. The summed E-state index contributed by atoms with van der Waals surface area (Å²) < 4.78 is 39.0. The maximum absolute atomic E-state index is 9.75. The number of hydrogen-bond acceptors (Lipinski definition) is 0. The van der Waals surface area contributed by atoms with Crippen molar-refractivity contribution in [2.24, 2.45) is 0 Å². The van der Waals surface area contributed by atoms with Crippen molar-refractivity contribution in [3.8, 4) is 0 Å². The van der Waals surface area contributed by atoms with Gasteiger partial charge in [-0.25, -0.2) is 0 Å². The molecular weight excluding hydrogens is 226 g/mol. The molecule has 2 unspecified atom stereocenters. The number of rotatable bonds is 6. The first-order chi connectivity index (χ1) is 6.81. The first-order valence-corrected chi connectivity index (χ1v) is 6.33. The van der Waals surface area contributed by atoms with Gasteiger partial charge >= 0.3 is 7.25 Å². The minimum absolute atomic E-state index is 0.997. The Labute approximate surface area is 92.5 Å². The molecule has 0 aromatic carbocycles. The van der Waals surface area contributed by atoms with Crippen molar-refractivity contribution in [1.29, 1.82) is 0 Å². The molecule has 0 aliphatic carbocycles. The Kier molecular flexibility index (Phi) is 12.6. The van der Waals surface area contributed by atoms with Crippen LogP contribution in [-0.4, -0.2) is 12.9 Å². The Balaban J connectivity index is 0. The average Bonchev–Trinajstić information content (AvgIpc) is 2.02. The summed E-state index contributed by atoms with van der Waals surface area (Å²) in [6.45, 7) is 4.55. The van der Waals surface area contributed by atoms with E-state index in [0.717, 1.165) is 5.66 Å². The normalized spacial score (nSPS) is 13.2. The van der Waals surface area contributed by atoms with Gasteiger partial charge in [-0.1, -0.05) is 33.1 Å². The lowest BCUT2D eigenvalue weighted by Gasteiger charge is -2.03. The van der Waals surface area contributed by atoms with Crippen LogP contribution in [0.15, 0.2) is 0 Å². The molecule has 6 heteroatoms. The number of hydrogen-bond donors (Lipinski definition) is 0. The minimum atomic E-state index is -6.00. The Morgan fingerprint density at radius 3 is 1.73 bits per heavy atom. The van der Waals surface area contributed by atoms with Gasteiger partial charge in [0.05, 0.1) is 5.66 Å². The molecule has 0 aromatic heterocycles. The zero-order valence-electron chi connectivity index (χ0n) is 9.62. The Hall–Kier alpha value is 0.215. The summed E-state index contributed by atoms with van der Waals surface area (Å²) >= 11 is 0. The Morgan fingerprint density at radius 1 is 0.933 bits per heavy atom. The van der Waals surface area contributed by atoms with Gasteiger partial charge in [-0.3, -0.25) is 0 Å². The first kappa shape index (κ1) is 17.6. The molecule has 0 amide bonds. The second kappa shape index (κ2) is 10.7. The lowest BCUT2D eigenvalue weighted by molar-refractivity contribution is 0.368. The third-order valence-corrected chi connectivity index (χ3v) is 2.73. The molecule has 0 N–H and O–H groups in total. The second-order valence-corrected chi connectivity index (χ2v) is 4.80. The van der Waals surface area contributed by atoms with Crippen molar-refractivity contribution in [2.45, 2.75) is 58.0 Å². The molecule has 0 aliphatic heterocycles. The van der Waals surface area contributed by atoms with Gasteiger partial charge in [-0.2, -0.15) is 0 Å². The molecule has 0 aliphatic rings. The highest BCUT2D eigenvalue weighted by Gasteiger charge is 2.20. The molecule has 0 nitrogen and oxygen atoms in total. The van der Waals surface area contributed by atoms with Gasteiger partial charge in [0.25, 0.3) is 0 Å². The van der Waals surface area contributed by atoms with E-state index in [0.29, 0.717) is 0 Å². The summed E-state index contributed by atoms with van der Waals surface area (Å²) in [7, 11) is -3.82. The predicted molar refractivity (Wildman–Crippen MR) is 64.1 cm³/mol. The minimum Gasteiger partial charge on any atom is -0.418 e. The van der Waals surface area contributed by atoms with Crippen molar-refractivity contribution in [3.05, 3.63) is 0 Å². The summed E-state index contributed by atoms with van der Waals surface area (Å²) in [5.74, 6) is 0. The van der Waals surface area contributed by atoms with E-state index in [-0.39, 0.29) is 0 Å². The van der Waals surface area contributed by atoms with Crippen LogP contribution >= 0.6 is 9.24 Å². The van der Waals surface area contributed by atoms with Gasteiger partial charge in [0.1, 0.15) is 0 Å². The zero-order valence-corrected chi connectivity index (χ0v) is 11.0. The Bertz CT molecular complexity index is 124. The summed E-state index contributed by atoms with van der Waals surface area (Å²) in [4.78, 5) is 0. The summed E-state index contributed by atoms with van der Waals surface area (Å²) in [5, 5.41) is 0. The highest BCUT2D eigenvalue weighted by Crippen LogP contribution is 2.15. The summed E-state index contributed by atoms with van der Waals surface area (Å²) in [6.07, 6.45) is 8.49. The molecule has 0 spiro atoms. The van der Waals surface area contributed by atoms with Gasteiger partial charge in [-0.15, -0.1) is 0 Å². The van der Waals surface area contributed by atoms with Gasteiger partial charge in [0, 0.05) is 0 Å². The van der Waals surface area contributed by atoms with Crippen LogP contribution in [0.5, 0.6) is 0 Å². The van der Waals surface area contributed by atoms with E-state index < -0.39 is 7.25 Å². The molecule has 0 radical (unpaired) electrons. The smallest absolute Gasteiger partial charge is 0.418 e. The van der Waals surface area contributed by atoms with E-state index in [9.17, 15) is 17.3 Å². The van der Waals surface area contributed by atoms with Crippen molar-refractivity contribution in [1.82, 2.24) is 0 Å². The zero-order chi connectivity index (χ0) is 12.3. The number of unbranched alkanes of at least 4 members (excludes halogenated alkanes) is 2. The van der Waals surface area contributed by atoms with E-state index in [1.165, 1.54) is 38.5 Å². The highest BCUT2D eigenvalue weighted by atomic mass is 31.0. The molecule has 15 heavy (non-hydrogen) atoms. The quantitative estimate of drug-likeness (QED) is 0.278. The van der Waals surface area contributed by atoms with Crippen LogP contribution in [0.25, 0.3) is 0 Å². The molecule has 0 saturated carbocycles. The third kappa shape index (κ3) is 31.4. The summed E-state index contributed by atoms with van der Waals surface area (Å²) in [6, 6.07) is 0. The third-order valence-electron chi connectivity index (χ3n) is 1.91. The fourth-order valence-electron chi connectivity index (χ4n) is 1.24.